The number of anilines is 1. The highest BCUT2D eigenvalue weighted by Crippen LogP contribution is 2.34. The van der Waals surface area contributed by atoms with Crippen molar-refractivity contribution in [1.82, 2.24) is 30.1 Å². The van der Waals surface area contributed by atoms with Crippen LogP contribution in [-0.2, 0) is 27.3 Å². The molecule has 0 aliphatic carbocycles. The topological polar surface area (TPSA) is 154 Å². The predicted molar refractivity (Wildman–Crippen MR) is 152 cm³/mol. The van der Waals surface area contributed by atoms with Crippen molar-refractivity contribution in [2.24, 2.45) is 4.99 Å². The zero-order valence-electron chi connectivity index (χ0n) is 22.4. The third-order valence-electron chi connectivity index (χ3n) is 7.51. The van der Waals surface area contributed by atoms with E-state index in [1.165, 1.54) is 29.6 Å². The number of nitrogens with two attached hydrogens (primary N) is 1. The zero-order chi connectivity index (χ0) is 28.8. The average molecular weight is 577 g/mol. The van der Waals surface area contributed by atoms with Gasteiger partial charge >= 0.3 is 6.03 Å². The summed E-state index contributed by atoms with van der Waals surface area (Å²) in [5.74, 6) is -0.246. The molecule has 2 atom stereocenters. The summed E-state index contributed by atoms with van der Waals surface area (Å²) in [7, 11) is 3.11. The maximum absolute atomic E-state index is 14.1. The number of aliphatic imine (C=N–C) groups is 1. The number of urea groups is 1. The molecule has 3 aliphatic rings. The number of piperazine rings is 1. The van der Waals surface area contributed by atoms with Crippen LogP contribution in [0.3, 0.4) is 0 Å². The number of thiazole rings is 1. The number of amides is 4. The van der Waals surface area contributed by atoms with E-state index in [9.17, 15) is 19.2 Å². The van der Waals surface area contributed by atoms with Gasteiger partial charge in [-0.3, -0.25) is 19.4 Å². The predicted octanol–water partition coefficient (Wildman–Crippen LogP) is 1.15. The monoisotopic (exact) mass is 576 g/mol. The van der Waals surface area contributed by atoms with Crippen LogP contribution in [-0.4, -0.2) is 101 Å². The van der Waals surface area contributed by atoms with Gasteiger partial charge in [0.2, 0.25) is 17.6 Å². The van der Waals surface area contributed by atoms with Crippen molar-refractivity contribution < 1.29 is 23.9 Å². The Bertz CT molecular complexity index is 1610. The van der Waals surface area contributed by atoms with Crippen LogP contribution in [0, 0.1) is 0 Å². The van der Waals surface area contributed by atoms with Crippen LogP contribution in [0.25, 0.3) is 10.2 Å². The molecule has 2 saturated heterocycles. The van der Waals surface area contributed by atoms with E-state index >= 15 is 0 Å². The fraction of sp³-hybridized carbons (Fsp3) is 0.333. The van der Waals surface area contributed by atoms with Crippen LogP contribution in [0.2, 0.25) is 0 Å². The SMILES string of the molecule is CNC(=O)N(C)N1CC(=O)N2[C@@H](Cc3ccc4c(c3)N=CC(=O)CO4)C(=O)N(Cc3cccc4sc(N)nc34)C[C@@H]21. The molecule has 0 unspecified atom stereocenters. The van der Waals surface area contributed by atoms with Crippen molar-refractivity contribution in [1.29, 1.82) is 0 Å². The van der Waals surface area contributed by atoms with E-state index in [1.54, 1.807) is 40.1 Å². The first-order valence-corrected chi connectivity index (χ1v) is 13.8. The molecule has 0 saturated carbocycles. The van der Waals surface area contributed by atoms with E-state index in [0.717, 1.165) is 21.3 Å². The van der Waals surface area contributed by atoms with Crippen LogP contribution in [0.15, 0.2) is 41.4 Å². The summed E-state index contributed by atoms with van der Waals surface area (Å²) in [6.45, 7) is 0.315. The number of carbonyl (C=O) groups excluding carboxylic acids is 4. The Morgan fingerprint density at radius 2 is 2.07 bits per heavy atom. The van der Waals surface area contributed by atoms with Gasteiger partial charge in [0.1, 0.15) is 23.6 Å². The Balaban J connectivity index is 1.36. The number of nitrogen functional groups attached to an aromatic ring is 1. The smallest absolute Gasteiger partial charge is 0.331 e. The van der Waals surface area contributed by atoms with Crippen molar-refractivity contribution in [2.75, 3.05) is 39.5 Å². The lowest BCUT2D eigenvalue weighted by molar-refractivity contribution is -0.157. The normalized spacial score (nSPS) is 20.6. The summed E-state index contributed by atoms with van der Waals surface area (Å²) in [4.78, 5) is 63.8. The van der Waals surface area contributed by atoms with E-state index in [4.69, 9.17) is 10.5 Å². The fourth-order valence-electron chi connectivity index (χ4n) is 5.55. The number of para-hydroxylation sites is 1. The first kappa shape index (κ1) is 26.7. The largest absolute Gasteiger partial charge is 0.483 e. The molecule has 4 amide bonds. The second-order valence-electron chi connectivity index (χ2n) is 10.0. The summed E-state index contributed by atoms with van der Waals surface area (Å²) < 4.78 is 6.45. The number of hydrazine groups is 1. The molecular weight excluding hydrogens is 548 g/mol. The van der Waals surface area contributed by atoms with Gasteiger partial charge in [-0.25, -0.2) is 14.8 Å². The molecule has 3 aliphatic heterocycles. The first-order valence-electron chi connectivity index (χ1n) is 13.0. The van der Waals surface area contributed by atoms with Gasteiger partial charge in [0.15, 0.2) is 11.7 Å². The molecule has 212 valence electrons. The molecule has 0 spiro atoms. The number of benzene rings is 2. The van der Waals surface area contributed by atoms with Crippen molar-refractivity contribution in [3.63, 3.8) is 0 Å². The Kier molecular flexibility index (Phi) is 6.79. The van der Waals surface area contributed by atoms with Gasteiger partial charge in [0.25, 0.3) is 0 Å². The van der Waals surface area contributed by atoms with Gasteiger partial charge in [-0.1, -0.05) is 29.5 Å². The minimum atomic E-state index is -0.834. The second kappa shape index (κ2) is 10.4. The molecule has 4 heterocycles. The number of aromatic nitrogens is 1. The van der Waals surface area contributed by atoms with Crippen LogP contribution < -0.4 is 15.8 Å². The highest BCUT2D eigenvalue weighted by Gasteiger charge is 2.51. The van der Waals surface area contributed by atoms with Crippen molar-refractivity contribution in [2.45, 2.75) is 25.2 Å². The molecule has 0 radical (unpaired) electrons. The number of Topliss-reactive ketones (excluding diaryl/α,β-unsaturated/α-hetero) is 1. The van der Waals surface area contributed by atoms with E-state index in [0.29, 0.717) is 16.6 Å². The maximum atomic E-state index is 14.1. The number of nitrogens with one attached hydrogen (secondary N) is 1. The number of hydrogen-bond acceptors (Lipinski definition) is 10. The molecule has 6 rings (SSSR count). The second-order valence-corrected chi connectivity index (χ2v) is 11.1. The summed E-state index contributed by atoms with van der Waals surface area (Å²) in [6.07, 6.45) is 0.869. The van der Waals surface area contributed by atoms with Gasteiger partial charge in [0.05, 0.1) is 29.5 Å². The standard InChI is InChI=1S/C27H28N8O5S/c1-29-27(39)32(2)34-13-23(37)35-19(9-15-6-7-20-18(8-15)30-10-17(36)14-40-20)25(38)33(12-22(34)35)11-16-4-3-5-21-24(16)31-26(28)41-21/h3-8,10,19,22H,9,11-14H2,1-2H3,(H2,28,31)(H,29,39)/t19-,22+/m0/s1. The fourth-order valence-corrected chi connectivity index (χ4v) is 6.33. The summed E-state index contributed by atoms with van der Waals surface area (Å²) >= 11 is 1.38. The number of hydrogen-bond donors (Lipinski definition) is 2. The molecule has 0 bridgehead atoms. The molecule has 2 aromatic carbocycles. The lowest BCUT2D eigenvalue weighted by Gasteiger charge is -2.45. The van der Waals surface area contributed by atoms with Crippen LogP contribution in [0.5, 0.6) is 5.75 Å². The highest BCUT2D eigenvalue weighted by molar-refractivity contribution is 7.22. The summed E-state index contributed by atoms with van der Waals surface area (Å²) in [5.41, 5.74) is 8.77. The van der Waals surface area contributed by atoms with Gasteiger partial charge in [-0.2, -0.15) is 5.01 Å². The molecule has 2 fully saturated rings. The quantitative estimate of drug-likeness (QED) is 0.459. The number of ether oxygens (including phenoxy) is 1. The lowest BCUT2D eigenvalue weighted by Crippen LogP contribution is -2.65. The summed E-state index contributed by atoms with van der Waals surface area (Å²) in [5, 5.41) is 6.08. The molecular formula is C27H28N8O5S. The molecule has 3 aromatic rings. The van der Waals surface area contributed by atoms with E-state index in [1.807, 2.05) is 18.2 Å². The highest BCUT2D eigenvalue weighted by atomic mass is 32.1. The van der Waals surface area contributed by atoms with Gasteiger partial charge < -0.3 is 25.6 Å². The van der Waals surface area contributed by atoms with E-state index < -0.39 is 12.2 Å². The van der Waals surface area contributed by atoms with E-state index in [2.05, 4.69) is 15.3 Å². The number of fused-ring (bicyclic) bond motifs is 3. The van der Waals surface area contributed by atoms with Gasteiger partial charge in [-0.05, 0) is 29.3 Å². The third-order valence-corrected chi connectivity index (χ3v) is 8.36. The lowest BCUT2D eigenvalue weighted by atomic mass is 9.99. The Morgan fingerprint density at radius 3 is 2.88 bits per heavy atom. The third kappa shape index (κ3) is 4.85. The van der Waals surface area contributed by atoms with Crippen molar-refractivity contribution in [3.8, 4) is 5.75 Å². The molecule has 3 N–H and O–H groups in total. The van der Waals surface area contributed by atoms with E-state index in [-0.39, 0.29) is 56.3 Å². The zero-order valence-corrected chi connectivity index (χ0v) is 23.3. The average Bonchev–Trinajstić information content (AvgIpc) is 3.44. The molecule has 13 nitrogen and oxygen atoms in total. The van der Waals surface area contributed by atoms with Crippen LogP contribution in [0.1, 0.15) is 11.1 Å². The minimum Gasteiger partial charge on any atom is -0.483 e. The maximum Gasteiger partial charge on any atom is 0.331 e. The number of ketones is 1. The Hall–Kier alpha value is -4.56. The summed E-state index contributed by atoms with van der Waals surface area (Å²) in [6, 6.07) is 9.83. The van der Waals surface area contributed by atoms with Gasteiger partial charge in [0, 0.05) is 27.1 Å². The molecule has 1 aromatic heterocycles. The Labute approximate surface area is 239 Å². The van der Waals surface area contributed by atoms with Crippen molar-refractivity contribution in [3.05, 3.63) is 47.5 Å². The molecule has 14 heteroatoms. The number of carbonyl (C=O) groups is 4. The van der Waals surface area contributed by atoms with Crippen LogP contribution >= 0.6 is 11.3 Å². The minimum absolute atomic E-state index is 0.0468. The van der Waals surface area contributed by atoms with Gasteiger partial charge in [-0.15, -0.1) is 0 Å². The van der Waals surface area contributed by atoms with Crippen molar-refractivity contribution >= 4 is 62.2 Å². The van der Waals surface area contributed by atoms with Crippen LogP contribution in [0.4, 0.5) is 15.6 Å². The molecule has 41 heavy (non-hydrogen) atoms. The number of nitrogens with zero attached hydrogens (tertiary/aromatic N) is 6. The first-order chi connectivity index (χ1) is 19.7. The number of rotatable bonds is 5. The Morgan fingerprint density at radius 1 is 1.24 bits per heavy atom.